The van der Waals surface area contributed by atoms with Crippen molar-refractivity contribution in [3.8, 4) is 0 Å². The number of amidine groups is 1. The van der Waals surface area contributed by atoms with Crippen LogP contribution >= 0.6 is 11.8 Å². The van der Waals surface area contributed by atoms with Crippen LogP contribution in [-0.2, 0) is 0 Å². The van der Waals surface area contributed by atoms with Crippen molar-refractivity contribution in [1.82, 2.24) is 4.98 Å². The summed E-state index contributed by atoms with van der Waals surface area (Å²) in [6.45, 7) is 1.99. The number of hydrogen-bond donors (Lipinski definition) is 2. The van der Waals surface area contributed by atoms with E-state index in [1.165, 1.54) is 12.3 Å². The number of pyridine rings is 1. The highest BCUT2D eigenvalue weighted by atomic mass is 32.2. The summed E-state index contributed by atoms with van der Waals surface area (Å²) in [6, 6.07) is 1.37. The molecule has 0 bridgehead atoms. The van der Waals surface area contributed by atoms with Crippen LogP contribution in [-0.4, -0.2) is 46.0 Å². The van der Waals surface area contributed by atoms with Gasteiger partial charge in [-0.25, -0.2) is 4.98 Å². The van der Waals surface area contributed by atoms with Gasteiger partial charge in [-0.1, -0.05) is 5.16 Å². The molecule has 1 heterocycles. The van der Waals surface area contributed by atoms with Gasteiger partial charge in [0.2, 0.25) is 5.82 Å². The Morgan fingerprint density at radius 3 is 2.90 bits per heavy atom. The van der Waals surface area contributed by atoms with Crippen LogP contribution in [0.3, 0.4) is 0 Å². The van der Waals surface area contributed by atoms with Gasteiger partial charge in [0.25, 0.3) is 0 Å². The smallest absolute Gasteiger partial charge is 0.312 e. The van der Waals surface area contributed by atoms with Crippen molar-refractivity contribution in [2.24, 2.45) is 10.9 Å². The molecule has 0 aromatic carbocycles. The number of nitrogens with two attached hydrogens (primary N) is 1. The Kier molecular flexibility index (Phi) is 6.22. The van der Waals surface area contributed by atoms with E-state index in [1.54, 1.807) is 23.7 Å². The predicted octanol–water partition coefficient (Wildman–Crippen LogP) is 1.66. The number of oxime groups is 1. The van der Waals surface area contributed by atoms with E-state index in [1.807, 2.05) is 13.2 Å². The molecular formula is C12H19N5O3S. The molecule has 1 atom stereocenters. The second-order valence-electron chi connectivity index (χ2n) is 4.55. The predicted molar refractivity (Wildman–Crippen MR) is 84.3 cm³/mol. The lowest BCUT2D eigenvalue weighted by Gasteiger charge is -2.25. The average molecular weight is 313 g/mol. The van der Waals surface area contributed by atoms with E-state index in [0.717, 1.165) is 12.2 Å². The quantitative estimate of drug-likeness (QED) is 0.258. The number of nitro groups is 1. The molecule has 0 saturated carbocycles. The minimum absolute atomic E-state index is 0.110. The Hall–Kier alpha value is -2.03. The Morgan fingerprint density at radius 2 is 2.38 bits per heavy atom. The fourth-order valence-electron chi connectivity index (χ4n) is 1.74. The maximum atomic E-state index is 11.2. The maximum Gasteiger partial charge on any atom is 0.312 e. The first-order valence-corrected chi connectivity index (χ1v) is 7.65. The van der Waals surface area contributed by atoms with Gasteiger partial charge in [-0.3, -0.25) is 10.1 Å². The lowest BCUT2D eigenvalue weighted by Crippen LogP contribution is -2.31. The van der Waals surface area contributed by atoms with Gasteiger partial charge in [0.05, 0.1) is 4.92 Å². The topological polar surface area (TPSA) is 118 Å². The summed E-state index contributed by atoms with van der Waals surface area (Å²) < 4.78 is 0. The largest absolute Gasteiger partial charge is 0.409 e. The Morgan fingerprint density at radius 1 is 1.71 bits per heavy atom. The molecule has 0 aliphatic heterocycles. The second-order valence-corrected chi connectivity index (χ2v) is 5.54. The number of anilines is 1. The minimum atomic E-state index is -0.520. The zero-order valence-corrected chi connectivity index (χ0v) is 13.0. The van der Waals surface area contributed by atoms with E-state index in [2.05, 4.69) is 10.1 Å². The summed E-state index contributed by atoms with van der Waals surface area (Å²) in [4.78, 5) is 16.6. The highest BCUT2D eigenvalue weighted by Gasteiger charge is 2.23. The number of hydrogen-bond acceptors (Lipinski definition) is 7. The third-order valence-corrected chi connectivity index (χ3v) is 3.83. The number of aromatic nitrogens is 1. The van der Waals surface area contributed by atoms with Crippen molar-refractivity contribution in [2.75, 3.05) is 24.0 Å². The number of nitrogens with zero attached hydrogens (tertiary/aromatic N) is 4. The standard InChI is InChI=1S/C12H19N5O3S/c1-8(4-5-21-3)16(2)12-10(17(19)20)6-9(7-14-12)11(13)15-18/h6-8,18H,4-5H2,1-3H3,(H2,13,15). The first-order valence-electron chi connectivity index (χ1n) is 6.26. The first-order chi connectivity index (χ1) is 9.92. The van der Waals surface area contributed by atoms with Crippen LogP contribution in [0.1, 0.15) is 18.9 Å². The monoisotopic (exact) mass is 313 g/mol. The SMILES string of the molecule is CSCCC(C)N(C)c1ncc(C(N)=NO)cc1[N+](=O)[O-]. The summed E-state index contributed by atoms with van der Waals surface area (Å²) in [5.41, 5.74) is 5.47. The molecule has 0 aliphatic rings. The highest BCUT2D eigenvalue weighted by molar-refractivity contribution is 7.98. The van der Waals surface area contributed by atoms with Crippen LogP contribution in [0.4, 0.5) is 11.5 Å². The molecule has 116 valence electrons. The molecule has 0 spiro atoms. The van der Waals surface area contributed by atoms with Gasteiger partial charge >= 0.3 is 5.69 Å². The molecular weight excluding hydrogens is 294 g/mol. The third-order valence-electron chi connectivity index (χ3n) is 3.18. The van der Waals surface area contributed by atoms with Gasteiger partial charge in [0.15, 0.2) is 5.84 Å². The fourth-order valence-corrected chi connectivity index (χ4v) is 2.32. The van der Waals surface area contributed by atoms with Gasteiger partial charge < -0.3 is 15.8 Å². The van der Waals surface area contributed by atoms with Crippen LogP contribution in [0.15, 0.2) is 17.4 Å². The van der Waals surface area contributed by atoms with E-state index in [-0.39, 0.29) is 28.9 Å². The molecule has 1 aromatic rings. The molecule has 1 aromatic heterocycles. The molecule has 9 heteroatoms. The van der Waals surface area contributed by atoms with Crippen LogP contribution in [0.2, 0.25) is 0 Å². The van der Waals surface area contributed by atoms with Crippen molar-refractivity contribution < 1.29 is 10.1 Å². The van der Waals surface area contributed by atoms with Crippen LogP contribution < -0.4 is 10.6 Å². The van der Waals surface area contributed by atoms with Crippen LogP contribution in [0, 0.1) is 10.1 Å². The van der Waals surface area contributed by atoms with Crippen molar-refractivity contribution >= 4 is 29.1 Å². The molecule has 0 saturated heterocycles. The lowest BCUT2D eigenvalue weighted by molar-refractivity contribution is -0.384. The number of thioether (sulfide) groups is 1. The first kappa shape index (κ1) is 17.0. The van der Waals surface area contributed by atoms with E-state index < -0.39 is 4.92 Å². The zero-order chi connectivity index (χ0) is 16.0. The molecule has 0 radical (unpaired) electrons. The summed E-state index contributed by atoms with van der Waals surface area (Å²) >= 11 is 1.72. The normalized spacial score (nSPS) is 13.0. The fraction of sp³-hybridized carbons (Fsp3) is 0.500. The third kappa shape index (κ3) is 4.22. The summed E-state index contributed by atoms with van der Waals surface area (Å²) in [6.07, 6.45) is 4.26. The van der Waals surface area contributed by atoms with Gasteiger partial charge in [-0.15, -0.1) is 0 Å². The molecule has 1 rings (SSSR count). The number of rotatable bonds is 7. The summed E-state index contributed by atoms with van der Waals surface area (Å²) in [7, 11) is 1.77. The van der Waals surface area contributed by atoms with Crippen LogP contribution in [0.25, 0.3) is 0 Å². The van der Waals surface area contributed by atoms with Crippen molar-refractivity contribution in [3.05, 3.63) is 27.9 Å². The van der Waals surface area contributed by atoms with E-state index in [9.17, 15) is 10.1 Å². The van der Waals surface area contributed by atoms with Crippen molar-refractivity contribution in [1.29, 1.82) is 0 Å². The Labute approximate surface area is 127 Å². The van der Waals surface area contributed by atoms with E-state index >= 15 is 0 Å². The van der Waals surface area contributed by atoms with Gasteiger partial charge in [0, 0.05) is 30.9 Å². The van der Waals surface area contributed by atoms with Crippen LogP contribution in [0.5, 0.6) is 0 Å². The molecule has 1 unspecified atom stereocenters. The Balaban J connectivity index is 3.14. The zero-order valence-electron chi connectivity index (χ0n) is 12.2. The van der Waals surface area contributed by atoms with E-state index in [4.69, 9.17) is 10.9 Å². The average Bonchev–Trinajstić information content (AvgIpc) is 2.50. The van der Waals surface area contributed by atoms with E-state index in [0.29, 0.717) is 0 Å². The lowest BCUT2D eigenvalue weighted by atomic mass is 10.2. The summed E-state index contributed by atoms with van der Waals surface area (Å²) in [5.74, 6) is 1.01. The molecule has 0 amide bonds. The maximum absolute atomic E-state index is 11.2. The molecule has 3 N–H and O–H groups in total. The highest BCUT2D eigenvalue weighted by Crippen LogP contribution is 2.27. The van der Waals surface area contributed by atoms with Crippen molar-refractivity contribution in [2.45, 2.75) is 19.4 Å². The minimum Gasteiger partial charge on any atom is -0.409 e. The summed E-state index contributed by atoms with van der Waals surface area (Å²) in [5, 5.41) is 22.7. The molecule has 21 heavy (non-hydrogen) atoms. The second kappa shape index (κ2) is 7.67. The molecule has 0 fully saturated rings. The Bertz CT molecular complexity index is 538. The van der Waals surface area contributed by atoms with Gasteiger partial charge in [0.1, 0.15) is 0 Å². The molecule has 8 nitrogen and oxygen atoms in total. The van der Waals surface area contributed by atoms with Crippen molar-refractivity contribution in [3.63, 3.8) is 0 Å². The van der Waals surface area contributed by atoms with Gasteiger partial charge in [-0.05, 0) is 25.4 Å². The molecule has 0 aliphatic carbocycles. The van der Waals surface area contributed by atoms with Gasteiger partial charge in [-0.2, -0.15) is 11.8 Å².